The predicted molar refractivity (Wildman–Crippen MR) is 111 cm³/mol. The first-order valence-corrected chi connectivity index (χ1v) is 9.59. The van der Waals surface area contributed by atoms with Crippen LogP contribution >= 0.6 is 11.6 Å². The van der Waals surface area contributed by atoms with Crippen LogP contribution in [0.5, 0.6) is 5.75 Å². The molecule has 3 rings (SSSR count). The predicted octanol–water partition coefficient (Wildman–Crippen LogP) is 3.29. The minimum absolute atomic E-state index is 0.173. The molecule has 0 aliphatic carbocycles. The topological polar surface area (TPSA) is 77.1 Å². The van der Waals surface area contributed by atoms with Crippen LogP contribution in [0.15, 0.2) is 36.4 Å². The van der Waals surface area contributed by atoms with E-state index in [0.29, 0.717) is 48.3 Å². The van der Waals surface area contributed by atoms with E-state index in [9.17, 15) is 9.59 Å². The second kappa shape index (κ2) is 9.62. The molecule has 1 saturated heterocycles. The molecule has 0 spiro atoms. The Bertz CT molecular complexity index is 897. The summed E-state index contributed by atoms with van der Waals surface area (Å²) in [6.45, 7) is 4.28. The van der Waals surface area contributed by atoms with Crippen LogP contribution in [0.3, 0.4) is 0 Å². The number of anilines is 2. The first-order valence-electron chi connectivity index (χ1n) is 9.22. The Kier molecular flexibility index (Phi) is 6.95. The van der Waals surface area contributed by atoms with E-state index in [4.69, 9.17) is 25.8 Å². The maximum absolute atomic E-state index is 12.5. The maximum atomic E-state index is 12.5. The highest BCUT2D eigenvalue weighted by atomic mass is 35.5. The summed E-state index contributed by atoms with van der Waals surface area (Å²) >= 11 is 5.94. The van der Waals surface area contributed by atoms with E-state index in [1.807, 2.05) is 6.92 Å². The van der Waals surface area contributed by atoms with Gasteiger partial charge in [-0.15, -0.1) is 0 Å². The van der Waals surface area contributed by atoms with Crippen molar-refractivity contribution in [2.24, 2.45) is 0 Å². The van der Waals surface area contributed by atoms with E-state index < -0.39 is 5.97 Å². The zero-order valence-electron chi connectivity index (χ0n) is 16.4. The molecular weight excluding hydrogens is 396 g/mol. The van der Waals surface area contributed by atoms with E-state index in [-0.39, 0.29) is 12.5 Å². The molecule has 8 heteroatoms. The number of hydrogen-bond acceptors (Lipinski definition) is 6. The monoisotopic (exact) mass is 418 g/mol. The average Bonchev–Trinajstić information content (AvgIpc) is 2.73. The number of nitrogens with one attached hydrogen (secondary N) is 1. The van der Waals surface area contributed by atoms with Gasteiger partial charge in [-0.05, 0) is 48.9 Å². The van der Waals surface area contributed by atoms with Gasteiger partial charge < -0.3 is 24.4 Å². The molecule has 1 amide bonds. The van der Waals surface area contributed by atoms with Crippen molar-refractivity contribution in [1.82, 2.24) is 0 Å². The van der Waals surface area contributed by atoms with Gasteiger partial charge in [-0.1, -0.05) is 11.6 Å². The summed E-state index contributed by atoms with van der Waals surface area (Å²) in [4.78, 5) is 26.5. The van der Waals surface area contributed by atoms with Gasteiger partial charge in [0.1, 0.15) is 5.75 Å². The minimum atomic E-state index is -0.470. The molecule has 154 valence electrons. The summed E-state index contributed by atoms with van der Waals surface area (Å²) in [5, 5.41) is 3.45. The fourth-order valence-corrected chi connectivity index (χ4v) is 3.29. The number of carbonyl (C=O) groups is 2. The number of esters is 1. The first kappa shape index (κ1) is 21.0. The van der Waals surface area contributed by atoms with Crippen molar-refractivity contribution in [3.63, 3.8) is 0 Å². The molecule has 29 heavy (non-hydrogen) atoms. The van der Waals surface area contributed by atoms with Gasteiger partial charge in [0.25, 0.3) is 5.91 Å². The fourth-order valence-electron chi connectivity index (χ4n) is 3.07. The number of aryl methyl sites for hydroxylation is 1. The fraction of sp³-hybridized carbons (Fsp3) is 0.333. The number of rotatable bonds is 6. The number of carbonyl (C=O) groups excluding carboxylic acids is 2. The number of ether oxygens (including phenoxy) is 3. The highest BCUT2D eigenvalue weighted by molar-refractivity contribution is 6.30. The molecule has 1 aliphatic heterocycles. The zero-order chi connectivity index (χ0) is 20.8. The van der Waals surface area contributed by atoms with Crippen molar-refractivity contribution < 1.29 is 23.8 Å². The summed E-state index contributed by atoms with van der Waals surface area (Å²) in [5.41, 5.74) is 2.54. The Balaban J connectivity index is 1.75. The molecule has 1 fully saturated rings. The van der Waals surface area contributed by atoms with Crippen LogP contribution < -0.4 is 15.0 Å². The molecule has 7 nitrogen and oxygen atoms in total. The molecule has 0 radical (unpaired) electrons. The van der Waals surface area contributed by atoms with Crippen LogP contribution in [0, 0.1) is 6.92 Å². The summed E-state index contributed by atoms with van der Waals surface area (Å²) in [7, 11) is 1.32. The largest absolute Gasteiger partial charge is 0.483 e. The van der Waals surface area contributed by atoms with Crippen molar-refractivity contribution in [2.45, 2.75) is 6.92 Å². The van der Waals surface area contributed by atoms with Crippen LogP contribution in [0.4, 0.5) is 11.4 Å². The Morgan fingerprint density at radius 1 is 1.17 bits per heavy atom. The zero-order valence-corrected chi connectivity index (χ0v) is 17.1. The summed E-state index contributed by atoms with van der Waals surface area (Å²) in [6.07, 6.45) is 0. The molecule has 0 saturated carbocycles. The van der Waals surface area contributed by atoms with Gasteiger partial charge in [0.2, 0.25) is 0 Å². The normalized spacial score (nSPS) is 13.7. The van der Waals surface area contributed by atoms with Crippen molar-refractivity contribution in [2.75, 3.05) is 50.2 Å². The third kappa shape index (κ3) is 5.40. The summed E-state index contributed by atoms with van der Waals surface area (Å²) in [5.74, 6) is -0.223. The number of amides is 1. The van der Waals surface area contributed by atoms with Crippen LogP contribution in [0.1, 0.15) is 15.9 Å². The lowest BCUT2D eigenvalue weighted by molar-refractivity contribution is -0.118. The maximum Gasteiger partial charge on any atom is 0.337 e. The standard InChI is InChI=1S/C21H23ClN2O5/c1-14-11-16(22)4-6-19(14)29-13-20(25)23-17-12-15(21(26)27-2)3-5-18(17)24-7-9-28-10-8-24/h3-6,11-12H,7-10,13H2,1-2H3,(H,23,25). The molecule has 0 bridgehead atoms. The van der Waals surface area contributed by atoms with Crippen molar-refractivity contribution >= 4 is 34.9 Å². The van der Waals surface area contributed by atoms with E-state index in [0.717, 1.165) is 11.3 Å². The van der Waals surface area contributed by atoms with E-state index in [1.165, 1.54) is 7.11 Å². The molecule has 0 atom stereocenters. The molecule has 1 heterocycles. The second-order valence-electron chi connectivity index (χ2n) is 6.57. The molecule has 2 aromatic rings. The van der Waals surface area contributed by atoms with Gasteiger partial charge in [0.15, 0.2) is 6.61 Å². The van der Waals surface area contributed by atoms with E-state index in [2.05, 4.69) is 10.2 Å². The van der Waals surface area contributed by atoms with Crippen molar-refractivity contribution in [1.29, 1.82) is 0 Å². The number of benzene rings is 2. The number of hydrogen-bond donors (Lipinski definition) is 1. The molecule has 1 aliphatic rings. The number of methoxy groups -OCH3 is 1. The van der Waals surface area contributed by atoms with Crippen LogP contribution in [0.25, 0.3) is 0 Å². The van der Waals surface area contributed by atoms with E-state index in [1.54, 1.807) is 36.4 Å². The first-order chi connectivity index (χ1) is 14.0. The second-order valence-corrected chi connectivity index (χ2v) is 7.01. The smallest absolute Gasteiger partial charge is 0.337 e. The van der Waals surface area contributed by atoms with Crippen LogP contribution in [0.2, 0.25) is 5.02 Å². The third-order valence-electron chi connectivity index (χ3n) is 4.54. The van der Waals surface area contributed by atoms with Crippen molar-refractivity contribution in [3.05, 3.63) is 52.5 Å². The lowest BCUT2D eigenvalue weighted by atomic mass is 10.1. The summed E-state index contributed by atoms with van der Waals surface area (Å²) < 4.78 is 15.8. The highest BCUT2D eigenvalue weighted by Gasteiger charge is 2.19. The third-order valence-corrected chi connectivity index (χ3v) is 4.77. The Morgan fingerprint density at radius 2 is 1.93 bits per heavy atom. The SMILES string of the molecule is COC(=O)c1ccc(N2CCOCC2)c(NC(=O)COc2ccc(Cl)cc2C)c1. The molecule has 1 N–H and O–H groups in total. The molecule has 0 unspecified atom stereocenters. The summed E-state index contributed by atoms with van der Waals surface area (Å²) in [6, 6.07) is 10.3. The highest BCUT2D eigenvalue weighted by Crippen LogP contribution is 2.29. The quantitative estimate of drug-likeness (QED) is 0.725. The number of morpholine rings is 1. The molecular formula is C21H23ClN2O5. The molecule has 0 aromatic heterocycles. The van der Waals surface area contributed by atoms with Gasteiger partial charge in [0, 0.05) is 18.1 Å². The van der Waals surface area contributed by atoms with Gasteiger partial charge >= 0.3 is 5.97 Å². The van der Waals surface area contributed by atoms with E-state index >= 15 is 0 Å². The van der Waals surface area contributed by atoms with Crippen LogP contribution in [-0.2, 0) is 14.3 Å². The van der Waals surface area contributed by atoms with Crippen LogP contribution in [-0.4, -0.2) is 51.9 Å². The minimum Gasteiger partial charge on any atom is -0.483 e. The number of nitrogens with zero attached hydrogens (tertiary/aromatic N) is 1. The van der Waals surface area contributed by atoms with Gasteiger partial charge in [-0.25, -0.2) is 4.79 Å². The Morgan fingerprint density at radius 3 is 2.62 bits per heavy atom. The average molecular weight is 419 g/mol. The number of halogens is 1. The van der Waals surface area contributed by atoms with Gasteiger partial charge in [0.05, 0.1) is 37.3 Å². The van der Waals surface area contributed by atoms with Gasteiger partial charge in [-0.3, -0.25) is 4.79 Å². The lowest BCUT2D eigenvalue weighted by Gasteiger charge is -2.30. The van der Waals surface area contributed by atoms with Crippen molar-refractivity contribution in [3.8, 4) is 5.75 Å². The lowest BCUT2D eigenvalue weighted by Crippen LogP contribution is -2.37. The molecule has 2 aromatic carbocycles. The Hall–Kier alpha value is -2.77. The Labute approximate surface area is 174 Å². The van der Waals surface area contributed by atoms with Gasteiger partial charge in [-0.2, -0.15) is 0 Å².